The molecular formula is C18H35IN6. The maximum atomic E-state index is 4.50. The number of rotatable bonds is 6. The van der Waals surface area contributed by atoms with Crippen molar-refractivity contribution in [3.63, 3.8) is 0 Å². The van der Waals surface area contributed by atoms with Crippen LogP contribution >= 0.6 is 24.0 Å². The summed E-state index contributed by atoms with van der Waals surface area (Å²) in [5.41, 5.74) is 3.59. The number of guanidine groups is 1. The zero-order valence-corrected chi connectivity index (χ0v) is 19.0. The third-order valence-corrected chi connectivity index (χ3v) is 5.29. The molecule has 0 radical (unpaired) electrons. The molecule has 1 aliphatic rings. The van der Waals surface area contributed by atoms with Crippen molar-refractivity contribution in [1.29, 1.82) is 0 Å². The van der Waals surface area contributed by atoms with Gasteiger partial charge in [-0.1, -0.05) is 13.8 Å². The molecule has 0 amide bonds. The second kappa shape index (κ2) is 10.4. The highest BCUT2D eigenvalue weighted by atomic mass is 127. The second-order valence-corrected chi connectivity index (χ2v) is 6.76. The third-order valence-electron chi connectivity index (χ3n) is 5.29. The lowest BCUT2D eigenvalue weighted by Gasteiger charge is -2.24. The lowest BCUT2D eigenvalue weighted by molar-refractivity contribution is 0.255. The van der Waals surface area contributed by atoms with Crippen molar-refractivity contribution in [2.45, 2.75) is 40.7 Å². The maximum absolute atomic E-state index is 4.50. The Hall–Kier alpha value is -0.830. The smallest absolute Gasteiger partial charge is 0.193 e. The zero-order chi connectivity index (χ0) is 17.7. The number of hydrogen-bond donors (Lipinski definition) is 1. The van der Waals surface area contributed by atoms with Gasteiger partial charge in [-0.15, -0.1) is 24.0 Å². The number of hydrogen-bond acceptors (Lipinski definition) is 3. The minimum Gasteiger partial charge on any atom is -0.352 e. The van der Waals surface area contributed by atoms with Crippen LogP contribution in [0.3, 0.4) is 0 Å². The Morgan fingerprint density at radius 3 is 2.52 bits per heavy atom. The van der Waals surface area contributed by atoms with Crippen molar-refractivity contribution in [1.82, 2.24) is 24.9 Å². The van der Waals surface area contributed by atoms with Gasteiger partial charge in [0.1, 0.15) is 0 Å². The average Bonchev–Trinajstić information content (AvgIpc) is 3.12. The molecule has 1 fully saturated rings. The topological polar surface area (TPSA) is 48.7 Å². The predicted molar refractivity (Wildman–Crippen MR) is 116 cm³/mol. The predicted octanol–water partition coefficient (Wildman–Crippen LogP) is 2.39. The molecule has 6 nitrogen and oxygen atoms in total. The molecule has 0 saturated carbocycles. The Labute approximate surface area is 170 Å². The molecular weight excluding hydrogens is 427 g/mol. The van der Waals surface area contributed by atoms with Gasteiger partial charge in [-0.3, -0.25) is 9.67 Å². The van der Waals surface area contributed by atoms with Crippen molar-refractivity contribution in [2.24, 2.45) is 18.0 Å². The number of halogens is 1. The summed E-state index contributed by atoms with van der Waals surface area (Å²) < 4.78 is 1.95. The Morgan fingerprint density at radius 2 is 2.00 bits per heavy atom. The summed E-state index contributed by atoms with van der Waals surface area (Å²) in [7, 11) is 3.88. The van der Waals surface area contributed by atoms with Crippen molar-refractivity contribution in [2.75, 3.05) is 39.8 Å². The normalized spacial score (nSPS) is 18.0. The van der Waals surface area contributed by atoms with Crippen molar-refractivity contribution >= 4 is 29.9 Å². The number of aliphatic imine (C=N–C) groups is 1. The molecule has 0 aromatic carbocycles. The first-order valence-electron chi connectivity index (χ1n) is 9.17. The summed E-state index contributed by atoms with van der Waals surface area (Å²) in [5.74, 6) is 1.75. The number of aryl methyl sites for hydroxylation is 2. The molecule has 144 valence electrons. The van der Waals surface area contributed by atoms with Crippen LogP contribution in [0.2, 0.25) is 0 Å². The molecule has 0 bridgehead atoms. The standard InChI is InChI=1S/C18H34N6.HI/c1-7-23(8-2)12-16-9-10-24(13-16)18(19-5)20-11-17-14(3)21-22(6)15(17)4;/h16H,7-13H2,1-6H3,(H,19,20);1H. The summed E-state index contributed by atoms with van der Waals surface area (Å²) in [6.45, 7) is 15.1. The summed E-state index contributed by atoms with van der Waals surface area (Å²) in [4.78, 5) is 9.41. The molecule has 0 aliphatic carbocycles. The molecule has 1 aromatic heterocycles. The lowest BCUT2D eigenvalue weighted by atomic mass is 10.1. The SMILES string of the molecule is CCN(CC)CC1CCN(C(=NC)NCc2c(C)nn(C)c2C)C1.I. The van der Waals surface area contributed by atoms with Crippen LogP contribution in [0.5, 0.6) is 0 Å². The molecule has 1 atom stereocenters. The quantitative estimate of drug-likeness (QED) is 0.401. The maximum Gasteiger partial charge on any atom is 0.193 e. The van der Waals surface area contributed by atoms with Gasteiger partial charge in [0.2, 0.25) is 0 Å². The van der Waals surface area contributed by atoms with Crippen LogP contribution in [-0.2, 0) is 13.6 Å². The minimum absolute atomic E-state index is 0. The number of nitrogens with zero attached hydrogens (tertiary/aromatic N) is 5. The highest BCUT2D eigenvalue weighted by Crippen LogP contribution is 2.18. The first kappa shape index (κ1) is 22.2. The van der Waals surface area contributed by atoms with E-state index < -0.39 is 0 Å². The molecule has 1 saturated heterocycles. The van der Waals surface area contributed by atoms with E-state index in [0.717, 1.165) is 50.3 Å². The van der Waals surface area contributed by atoms with Gasteiger partial charge in [0.05, 0.1) is 5.69 Å². The van der Waals surface area contributed by atoms with Crippen LogP contribution in [0.4, 0.5) is 0 Å². The average molecular weight is 462 g/mol. The van der Waals surface area contributed by atoms with E-state index in [2.05, 4.69) is 52.9 Å². The zero-order valence-electron chi connectivity index (χ0n) is 16.7. The monoisotopic (exact) mass is 462 g/mol. The van der Waals surface area contributed by atoms with Crippen LogP contribution < -0.4 is 5.32 Å². The lowest BCUT2D eigenvalue weighted by Crippen LogP contribution is -2.40. The fraction of sp³-hybridized carbons (Fsp3) is 0.778. The van der Waals surface area contributed by atoms with Gasteiger partial charge in [-0.2, -0.15) is 5.10 Å². The molecule has 1 aromatic rings. The van der Waals surface area contributed by atoms with Crippen LogP contribution in [0.1, 0.15) is 37.2 Å². The van der Waals surface area contributed by atoms with E-state index in [1.165, 1.54) is 24.2 Å². The van der Waals surface area contributed by atoms with Crippen LogP contribution in [0.15, 0.2) is 4.99 Å². The number of aromatic nitrogens is 2. The Morgan fingerprint density at radius 1 is 1.32 bits per heavy atom. The molecule has 7 heteroatoms. The van der Waals surface area contributed by atoms with Crippen LogP contribution in [-0.4, -0.2) is 65.3 Å². The van der Waals surface area contributed by atoms with E-state index in [1.807, 2.05) is 18.8 Å². The first-order chi connectivity index (χ1) is 11.5. The Balaban J connectivity index is 0.00000312. The first-order valence-corrected chi connectivity index (χ1v) is 9.17. The van der Waals surface area contributed by atoms with E-state index in [0.29, 0.717) is 0 Å². The Bertz CT molecular complexity index is 564. The van der Waals surface area contributed by atoms with Gasteiger partial charge >= 0.3 is 0 Å². The third kappa shape index (κ3) is 5.57. The number of nitrogens with one attached hydrogen (secondary N) is 1. The number of likely N-dealkylation sites (tertiary alicyclic amines) is 1. The van der Waals surface area contributed by atoms with Crippen LogP contribution in [0.25, 0.3) is 0 Å². The molecule has 2 heterocycles. The van der Waals surface area contributed by atoms with Gasteiger partial charge in [0, 0.05) is 51.5 Å². The summed E-state index contributed by atoms with van der Waals surface area (Å²) >= 11 is 0. The van der Waals surface area contributed by atoms with Gasteiger partial charge in [0.25, 0.3) is 0 Å². The van der Waals surface area contributed by atoms with Crippen molar-refractivity contribution < 1.29 is 0 Å². The fourth-order valence-electron chi connectivity index (χ4n) is 3.59. The molecule has 1 unspecified atom stereocenters. The highest BCUT2D eigenvalue weighted by Gasteiger charge is 2.26. The molecule has 2 rings (SSSR count). The summed E-state index contributed by atoms with van der Waals surface area (Å²) in [6.07, 6.45) is 1.25. The van der Waals surface area contributed by atoms with Gasteiger partial charge in [-0.25, -0.2) is 0 Å². The van der Waals surface area contributed by atoms with Gasteiger partial charge in [-0.05, 0) is 39.3 Å². The Kier molecular flexibility index (Phi) is 9.20. The van der Waals surface area contributed by atoms with Crippen molar-refractivity contribution in [3.8, 4) is 0 Å². The molecule has 1 aliphatic heterocycles. The fourth-order valence-corrected chi connectivity index (χ4v) is 3.59. The second-order valence-electron chi connectivity index (χ2n) is 6.76. The van der Waals surface area contributed by atoms with E-state index in [1.54, 1.807) is 0 Å². The molecule has 1 N–H and O–H groups in total. The van der Waals surface area contributed by atoms with E-state index in [4.69, 9.17) is 0 Å². The minimum atomic E-state index is 0. The summed E-state index contributed by atoms with van der Waals surface area (Å²) in [6, 6.07) is 0. The van der Waals surface area contributed by atoms with Crippen molar-refractivity contribution in [3.05, 3.63) is 17.0 Å². The van der Waals surface area contributed by atoms with E-state index in [9.17, 15) is 0 Å². The summed E-state index contributed by atoms with van der Waals surface area (Å²) in [5, 5.41) is 8.03. The van der Waals surface area contributed by atoms with Crippen LogP contribution in [0, 0.1) is 19.8 Å². The van der Waals surface area contributed by atoms with E-state index in [-0.39, 0.29) is 24.0 Å². The van der Waals surface area contributed by atoms with Gasteiger partial charge < -0.3 is 15.1 Å². The molecule has 0 spiro atoms. The van der Waals surface area contributed by atoms with E-state index >= 15 is 0 Å². The molecule has 25 heavy (non-hydrogen) atoms. The largest absolute Gasteiger partial charge is 0.352 e. The van der Waals surface area contributed by atoms with Gasteiger partial charge in [0.15, 0.2) is 5.96 Å². The highest BCUT2D eigenvalue weighted by molar-refractivity contribution is 14.0.